The molecule has 1 aliphatic heterocycles. The number of carboxylic acid groups (broad SMARTS) is 1. The van der Waals surface area contributed by atoms with Gasteiger partial charge < -0.3 is 15.2 Å². The van der Waals surface area contributed by atoms with Crippen LogP contribution in [0.25, 0.3) is 0 Å². The Kier molecular flexibility index (Phi) is 6.64. The number of aliphatic carboxylic acids is 1. The maximum atomic E-state index is 13.4. The Balaban J connectivity index is 1.74. The molecule has 3 rings (SSSR count). The number of carbonyl (C=O) groups is 2. The Morgan fingerprint density at radius 2 is 1.86 bits per heavy atom. The molecule has 1 unspecified atom stereocenters. The second kappa shape index (κ2) is 9.18. The molecule has 0 spiro atoms. The summed E-state index contributed by atoms with van der Waals surface area (Å²) in [4.78, 5) is 24.9. The van der Waals surface area contributed by atoms with E-state index in [4.69, 9.17) is 4.74 Å². The molecule has 1 atom stereocenters. The lowest BCUT2D eigenvalue weighted by atomic mass is 9.73. The highest BCUT2D eigenvalue weighted by atomic mass is 19.1. The number of rotatable bonds is 7. The number of nitrogens with one attached hydrogen (secondary N) is 1. The van der Waals surface area contributed by atoms with Crippen molar-refractivity contribution in [3.05, 3.63) is 71.0 Å². The minimum Gasteiger partial charge on any atom is -0.481 e. The van der Waals surface area contributed by atoms with Crippen LogP contribution in [0.3, 0.4) is 0 Å². The molecular weight excluding hydrogens is 373 g/mol. The molecule has 0 aromatic heterocycles. The molecule has 1 aliphatic rings. The highest BCUT2D eigenvalue weighted by Gasteiger charge is 2.42. The Morgan fingerprint density at radius 1 is 1.17 bits per heavy atom. The van der Waals surface area contributed by atoms with E-state index in [0.29, 0.717) is 32.5 Å². The van der Waals surface area contributed by atoms with Gasteiger partial charge in [0, 0.05) is 19.8 Å². The molecule has 1 heterocycles. The second-order valence-corrected chi connectivity index (χ2v) is 7.64. The van der Waals surface area contributed by atoms with E-state index in [2.05, 4.69) is 5.32 Å². The molecule has 0 radical (unpaired) electrons. The van der Waals surface area contributed by atoms with Gasteiger partial charge in [-0.2, -0.15) is 0 Å². The molecule has 1 saturated heterocycles. The van der Waals surface area contributed by atoms with Crippen molar-refractivity contribution in [2.45, 2.75) is 31.6 Å². The predicted molar refractivity (Wildman–Crippen MR) is 107 cm³/mol. The largest absolute Gasteiger partial charge is 0.481 e. The van der Waals surface area contributed by atoms with Crippen molar-refractivity contribution in [2.24, 2.45) is 5.92 Å². The lowest BCUT2D eigenvalue weighted by molar-refractivity contribution is -0.142. The van der Waals surface area contributed by atoms with Crippen LogP contribution < -0.4 is 5.32 Å². The molecule has 0 saturated carbocycles. The van der Waals surface area contributed by atoms with Gasteiger partial charge in [0.1, 0.15) is 5.82 Å². The fraction of sp³-hybridized carbons (Fsp3) is 0.391. The molecule has 2 N–H and O–H groups in total. The van der Waals surface area contributed by atoms with Gasteiger partial charge >= 0.3 is 5.97 Å². The van der Waals surface area contributed by atoms with Crippen LogP contribution in [0, 0.1) is 18.7 Å². The average Bonchev–Trinajstić information content (AvgIpc) is 2.71. The first kappa shape index (κ1) is 21.0. The van der Waals surface area contributed by atoms with Gasteiger partial charge in [0.2, 0.25) is 5.91 Å². The van der Waals surface area contributed by atoms with Crippen molar-refractivity contribution < 1.29 is 23.8 Å². The second-order valence-electron chi connectivity index (χ2n) is 7.64. The number of amides is 1. The average molecular weight is 399 g/mol. The smallest absolute Gasteiger partial charge is 0.308 e. The highest BCUT2D eigenvalue weighted by Crippen LogP contribution is 2.35. The Labute approximate surface area is 169 Å². The van der Waals surface area contributed by atoms with E-state index in [1.165, 1.54) is 12.1 Å². The number of hydrogen-bond acceptors (Lipinski definition) is 3. The van der Waals surface area contributed by atoms with E-state index in [-0.39, 0.29) is 18.3 Å². The van der Waals surface area contributed by atoms with Gasteiger partial charge in [-0.05, 0) is 49.4 Å². The van der Waals surface area contributed by atoms with Gasteiger partial charge in [0.15, 0.2) is 0 Å². The quantitative estimate of drug-likeness (QED) is 0.750. The first-order valence-corrected chi connectivity index (χ1v) is 9.81. The van der Waals surface area contributed by atoms with Crippen molar-refractivity contribution in [1.82, 2.24) is 5.32 Å². The summed E-state index contributed by atoms with van der Waals surface area (Å²) < 4.78 is 18.8. The zero-order valence-corrected chi connectivity index (χ0v) is 16.5. The standard InChI is InChI=1S/C23H26FNO4/c1-16-3-2-4-17(13-16)14-18(21(26)27)15-25-22(28)23(9-11-29-12-10-23)19-5-7-20(24)8-6-19/h2-8,13,18H,9-12,14-15H2,1H3,(H,25,28)(H,26,27). The van der Waals surface area contributed by atoms with Crippen molar-refractivity contribution >= 4 is 11.9 Å². The zero-order chi connectivity index (χ0) is 20.9. The summed E-state index contributed by atoms with van der Waals surface area (Å²) in [7, 11) is 0. The van der Waals surface area contributed by atoms with Crippen LogP contribution in [-0.2, 0) is 26.2 Å². The molecule has 0 bridgehead atoms. The minimum atomic E-state index is -0.949. The van der Waals surface area contributed by atoms with E-state index >= 15 is 0 Å². The zero-order valence-electron chi connectivity index (χ0n) is 16.5. The van der Waals surface area contributed by atoms with Gasteiger partial charge in [0.05, 0.1) is 11.3 Å². The predicted octanol–water partition coefficient (Wildman–Crippen LogP) is 3.24. The van der Waals surface area contributed by atoms with Crippen LogP contribution in [0.2, 0.25) is 0 Å². The topological polar surface area (TPSA) is 75.6 Å². The minimum absolute atomic E-state index is 0.0336. The van der Waals surface area contributed by atoms with Crippen LogP contribution in [0.5, 0.6) is 0 Å². The van der Waals surface area contributed by atoms with Crippen LogP contribution >= 0.6 is 0 Å². The molecule has 5 nitrogen and oxygen atoms in total. The van der Waals surface area contributed by atoms with Crippen molar-refractivity contribution in [2.75, 3.05) is 19.8 Å². The number of hydrogen-bond donors (Lipinski definition) is 2. The summed E-state index contributed by atoms with van der Waals surface area (Å²) in [5.74, 6) is -2.27. The van der Waals surface area contributed by atoms with E-state index in [1.54, 1.807) is 12.1 Å². The third-order valence-electron chi connectivity index (χ3n) is 5.60. The van der Waals surface area contributed by atoms with E-state index < -0.39 is 17.3 Å². The summed E-state index contributed by atoms with van der Waals surface area (Å²) in [5, 5.41) is 12.5. The molecule has 2 aromatic rings. The Bertz CT molecular complexity index is 859. The maximum Gasteiger partial charge on any atom is 0.308 e. The molecule has 29 heavy (non-hydrogen) atoms. The van der Waals surface area contributed by atoms with Gasteiger partial charge in [0.25, 0.3) is 0 Å². The fourth-order valence-electron chi connectivity index (χ4n) is 3.89. The molecule has 0 aliphatic carbocycles. The third kappa shape index (κ3) is 5.01. The number of halogens is 1. The van der Waals surface area contributed by atoms with Gasteiger partial charge in [-0.3, -0.25) is 9.59 Å². The van der Waals surface area contributed by atoms with Gasteiger partial charge in [-0.25, -0.2) is 4.39 Å². The summed E-state index contributed by atoms with van der Waals surface area (Å²) in [6.07, 6.45) is 1.28. The van der Waals surface area contributed by atoms with Crippen molar-refractivity contribution in [3.63, 3.8) is 0 Å². The summed E-state index contributed by atoms with van der Waals surface area (Å²) >= 11 is 0. The highest BCUT2D eigenvalue weighted by molar-refractivity contribution is 5.88. The lowest BCUT2D eigenvalue weighted by Gasteiger charge is -2.36. The normalized spacial score (nSPS) is 16.8. The van der Waals surface area contributed by atoms with E-state index in [1.807, 2.05) is 31.2 Å². The van der Waals surface area contributed by atoms with Gasteiger partial charge in [-0.1, -0.05) is 42.0 Å². The summed E-state index contributed by atoms with van der Waals surface area (Å²) in [6.45, 7) is 2.84. The SMILES string of the molecule is Cc1cccc(CC(CNC(=O)C2(c3ccc(F)cc3)CCOCC2)C(=O)O)c1. The monoisotopic (exact) mass is 399 g/mol. The molecule has 154 valence electrons. The van der Waals surface area contributed by atoms with E-state index in [0.717, 1.165) is 16.7 Å². The Morgan fingerprint density at radius 3 is 2.48 bits per heavy atom. The number of ether oxygens (including phenoxy) is 1. The molecule has 2 aromatic carbocycles. The first-order chi connectivity index (χ1) is 13.9. The van der Waals surface area contributed by atoms with E-state index in [9.17, 15) is 19.1 Å². The van der Waals surface area contributed by atoms with Crippen molar-refractivity contribution in [3.8, 4) is 0 Å². The molecule has 1 fully saturated rings. The number of aryl methyl sites for hydroxylation is 1. The molecule has 6 heteroatoms. The maximum absolute atomic E-state index is 13.4. The lowest BCUT2D eigenvalue weighted by Crippen LogP contribution is -2.49. The number of carbonyl (C=O) groups excluding carboxylic acids is 1. The molecular formula is C23H26FNO4. The third-order valence-corrected chi connectivity index (χ3v) is 5.60. The van der Waals surface area contributed by atoms with Crippen LogP contribution in [-0.4, -0.2) is 36.7 Å². The Hall–Kier alpha value is -2.73. The summed E-state index contributed by atoms with van der Waals surface area (Å²) in [6, 6.07) is 13.6. The fourth-order valence-corrected chi connectivity index (χ4v) is 3.89. The van der Waals surface area contributed by atoms with Crippen LogP contribution in [0.1, 0.15) is 29.5 Å². The van der Waals surface area contributed by atoms with Crippen LogP contribution in [0.4, 0.5) is 4.39 Å². The molecule has 1 amide bonds. The van der Waals surface area contributed by atoms with Crippen molar-refractivity contribution in [1.29, 1.82) is 0 Å². The number of benzene rings is 2. The first-order valence-electron chi connectivity index (χ1n) is 9.81. The van der Waals surface area contributed by atoms with Gasteiger partial charge in [-0.15, -0.1) is 0 Å². The number of carboxylic acids is 1. The summed E-state index contributed by atoms with van der Waals surface area (Å²) in [5.41, 5.74) is 1.88. The van der Waals surface area contributed by atoms with Crippen LogP contribution in [0.15, 0.2) is 48.5 Å².